The Hall–Kier alpha value is -1.65. The Morgan fingerprint density at radius 1 is 1.42 bits per heavy atom. The molecule has 1 aliphatic rings. The van der Waals surface area contributed by atoms with Crippen molar-refractivity contribution in [2.75, 3.05) is 0 Å². The van der Waals surface area contributed by atoms with Gasteiger partial charge in [-0.25, -0.2) is 4.99 Å². The van der Waals surface area contributed by atoms with E-state index in [9.17, 15) is 9.90 Å². The minimum atomic E-state index is -0.140. The first kappa shape index (κ1) is 24.5. The maximum atomic E-state index is 13.3. The van der Waals surface area contributed by atoms with Gasteiger partial charge in [-0.05, 0) is 83.0 Å². The number of phenols is 1. The number of fused-ring (bicyclic) bond motifs is 1. The summed E-state index contributed by atoms with van der Waals surface area (Å²) in [7, 11) is 0. The van der Waals surface area contributed by atoms with E-state index in [-0.39, 0.29) is 17.1 Å². The number of thiophene rings is 1. The molecule has 3 aromatic rings. The van der Waals surface area contributed by atoms with Crippen LogP contribution in [0.4, 0.5) is 5.00 Å². The molecule has 0 saturated heterocycles. The molecule has 1 amide bonds. The fraction of sp³-hybridized carbons (Fsp3) is 0.360. The third-order valence-electron chi connectivity index (χ3n) is 6.08. The largest absolute Gasteiger partial charge is 0.506 e. The summed E-state index contributed by atoms with van der Waals surface area (Å²) in [4.78, 5) is 19.2. The van der Waals surface area contributed by atoms with E-state index in [4.69, 9.17) is 9.41 Å². The minimum Gasteiger partial charge on any atom is -0.506 e. The fourth-order valence-electron chi connectivity index (χ4n) is 4.12. The number of benzene rings is 1. The number of amides is 1. The fourth-order valence-corrected chi connectivity index (χ4v) is 6.94. The van der Waals surface area contributed by atoms with Crippen molar-refractivity contribution in [2.24, 2.45) is 16.3 Å². The van der Waals surface area contributed by atoms with Gasteiger partial charge in [0, 0.05) is 21.1 Å². The van der Waals surface area contributed by atoms with E-state index in [0.29, 0.717) is 34.4 Å². The van der Waals surface area contributed by atoms with Crippen LogP contribution in [-0.4, -0.2) is 17.2 Å². The molecule has 0 spiro atoms. The lowest BCUT2D eigenvalue weighted by atomic mass is 9.72. The number of aliphatic imine (C=N–C) groups is 1. The van der Waals surface area contributed by atoms with Crippen molar-refractivity contribution in [3.05, 3.63) is 65.9 Å². The van der Waals surface area contributed by atoms with Crippen LogP contribution in [0.25, 0.3) is 0 Å². The zero-order chi connectivity index (χ0) is 23.8. The standard InChI is InChI=1S/C25H26BrIN2O3S/c1-25(2,3)15-6-7-18-20(10-15)33-24(21(18)23(31)28-13-17-5-4-8-32-17)29-12-14-9-16(26)11-19(27)22(14)30/h4-5,8-9,11-12,15,30H,6-7,10,13H2,1-3H3,(H,28,31)/t15-/m1/s1. The van der Waals surface area contributed by atoms with Crippen LogP contribution >= 0.6 is 49.9 Å². The van der Waals surface area contributed by atoms with Crippen LogP contribution in [0.5, 0.6) is 5.75 Å². The molecule has 174 valence electrons. The number of hydrogen-bond acceptors (Lipinski definition) is 5. The minimum absolute atomic E-state index is 0.140. The van der Waals surface area contributed by atoms with Gasteiger partial charge in [-0.2, -0.15) is 0 Å². The number of nitrogens with zero attached hydrogens (tertiary/aromatic N) is 1. The first-order valence-electron chi connectivity index (χ1n) is 10.8. The lowest BCUT2D eigenvalue weighted by Gasteiger charge is -2.33. The Bertz CT molecular complexity index is 1200. The predicted molar refractivity (Wildman–Crippen MR) is 145 cm³/mol. The van der Waals surface area contributed by atoms with E-state index in [1.54, 1.807) is 23.8 Å². The molecule has 0 radical (unpaired) electrons. The molecule has 33 heavy (non-hydrogen) atoms. The van der Waals surface area contributed by atoms with Crippen molar-refractivity contribution in [3.63, 3.8) is 0 Å². The van der Waals surface area contributed by atoms with E-state index < -0.39 is 0 Å². The van der Waals surface area contributed by atoms with Crippen LogP contribution in [0.1, 0.15) is 59.3 Å². The number of carbonyl (C=O) groups is 1. The monoisotopic (exact) mass is 640 g/mol. The molecule has 0 bridgehead atoms. The van der Waals surface area contributed by atoms with E-state index in [2.05, 4.69) is 64.6 Å². The maximum Gasteiger partial charge on any atom is 0.255 e. The van der Waals surface area contributed by atoms with Crippen LogP contribution < -0.4 is 5.32 Å². The first-order chi connectivity index (χ1) is 15.6. The zero-order valence-electron chi connectivity index (χ0n) is 18.7. The molecule has 0 unspecified atom stereocenters. The van der Waals surface area contributed by atoms with Crippen LogP contribution in [0.15, 0.2) is 44.4 Å². The van der Waals surface area contributed by atoms with Gasteiger partial charge >= 0.3 is 0 Å². The number of nitrogens with one attached hydrogen (secondary N) is 1. The number of furan rings is 1. The summed E-state index contributed by atoms with van der Waals surface area (Å²) < 4.78 is 6.96. The van der Waals surface area contributed by atoms with Crippen molar-refractivity contribution < 1.29 is 14.3 Å². The second-order valence-corrected chi connectivity index (χ2v) is 12.5. The molecule has 2 N–H and O–H groups in total. The number of phenolic OH excluding ortho intramolecular Hbond substituents is 1. The third kappa shape index (κ3) is 5.54. The lowest BCUT2D eigenvalue weighted by Crippen LogP contribution is -2.28. The van der Waals surface area contributed by atoms with E-state index in [0.717, 1.165) is 32.9 Å². The van der Waals surface area contributed by atoms with Crippen LogP contribution in [0.2, 0.25) is 0 Å². The average molecular weight is 641 g/mol. The highest BCUT2D eigenvalue weighted by atomic mass is 127. The molecule has 1 atom stereocenters. The topological polar surface area (TPSA) is 74.8 Å². The zero-order valence-corrected chi connectivity index (χ0v) is 23.3. The molecular formula is C25H26BrIN2O3S. The lowest BCUT2D eigenvalue weighted by molar-refractivity contribution is 0.0947. The van der Waals surface area contributed by atoms with E-state index in [1.165, 1.54) is 4.88 Å². The summed E-state index contributed by atoms with van der Waals surface area (Å²) in [6.45, 7) is 7.17. The predicted octanol–water partition coefficient (Wildman–Crippen LogP) is 7.25. The van der Waals surface area contributed by atoms with E-state index in [1.807, 2.05) is 24.3 Å². The molecular weight excluding hydrogens is 615 g/mol. The second-order valence-electron chi connectivity index (χ2n) is 9.34. The van der Waals surface area contributed by atoms with Gasteiger partial charge < -0.3 is 14.8 Å². The summed E-state index contributed by atoms with van der Waals surface area (Å²) in [6.07, 6.45) is 6.12. The second kappa shape index (κ2) is 9.92. The first-order valence-corrected chi connectivity index (χ1v) is 13.5. The van der Waals surface area contributed by atoms with Crippen molar-refractivity contribution in [1.82, 2.24) is 5.32 Å². The Kier molecular flexibility index (Phi) is 7.35. The van der Waals surface area contributed by atoms with Gasteiger partial charge in [-0.3, -0.25) is 4.79 Å². The SMILES string of the molecule is CC(C)(C)[C@@H]1CCc2c(sc(N=Cc3cc(Br)cc(I)c3O)c2C(=O)NCc2ccco2)C1. The molecule has 4 rings (SSSR count). The van der Waals surface area contributed by atoms with Gasteiger partial charge in [-0.15, -0.1) is 11.3 Å². The van der Waals surface area contributed by atoms with Gasteiger partial charge in [-0.1, -0.05) is 36.7 Å². The van der Waals surface area contributed by atoms with Crippen molar-refractivity contribution >= 4 is 67.0 Å². The van der Waals surface area contributed by atoms with Crippen molar-refractivity contribution in [2.45, 2.75) is 46.6 Å². The van der Waals surface area contributed by atoms with Gasteiger partial charge in [0.05, 0.1) is 21.9 Å². The van der Waals surface area contributed by atoms with E-state index >= 15 is 0 Å². The molecule has 2 aromatic heterocycles. The molecule has 0 saturated carbocycles. The molecule has 1 aromatic carbocycles. The number of carbonyl (C=O) groups excluding carboxylic acids is 1. The summed E-state index contributed by atoms with van der Waals surface area (Å²) in [5.74, 6) is 1.31. The van der Waals surface area contributed by atoms with Crippen molar-refractivity contribution in [1.29, 1.82) is 0 Å². The summed E-state index contributed by atoms with van der Waals surface area (Å²) in [6, 6.07) is 7.31. The van der Waals surface area contributed by atoms with Gasteiger partial charge in [0.15, 0.2) is 0 Å². The Balaban J connectivity index is 1.69. The Labute approximate surface area is 220 Å². The highest BCUT2D eigenvalue weighted by Crippen LogP contribution is 2.45. The number of halogens is 2. The molecule has 5 nitrogen and oxygen atoms in total. The average Bonchev–Trinajstić information content (AvgIpc) is 3.39. The molecule has 8 heteroatoms. The van der Waals surface area contributed by atoms with Crippen LogP contribution in [-0.2, 0) is 19.4 Å². The summed E-state index contributed by atoms with van der Waals surface area (Å²) in [5, 5.41) is 14.1. The van der Waals surface area contributed by atoms with Gasteiger partial charge in [0.1, 0.15) is 16.5 Å². The summed E-state index contributed by atoms with van der Waals surface area (Å²) >= 11 is 7.15. The quantitative estimate of drug-likeness (QED) is 0.228. The number of hydrogen-bond donors (Lipinski definition) is 2. The normalized spacial score (nSPS) is 16.2. The number of aromatic hydroxyl groups is 1. The van der Waals surface area contributed by atoms with Gasteiger partial charge in [0.2, 0.25) is 0 Å². The van der Waals surface area contributed by atoms with Gasteiger partial charge in [0.25, 0.3) is 5.91 Å². The smallest absolute Gasteiger partial charge is 0.255 e. The summed E-state index contributed by atoms with van der Waals surface area (Å²) in [5.41, 5.74) is 2.58. The molecule has 1 aliphatic carbocycles. The maximum absolute atomic E-state index is 13.3. The molecule has 0 fully saturated rings. The van der Waals surface area contributed by atoms with Crippen LogP contribution in [0.3, 0.4) is 0 Å². The number of rotatable bonds is 5. The van der Waals surface area contributed by atoms with Crippen molar-refractivity contribution in [3.8, 4) is 5.75 Å². The third-order valence-corrected chi connectivity index (χ3v) is 8.52. The van der Waals surface area contributed by atoms with Crippen LogP contribution in [0, 0.1) is 14.9 Å². The Morgan fingerprint density at radius 2 is 2.21 bits per heavy atom. The highest BCUT2D eigenvalue weighted by Gasteiger charge is 2.33. The Morgan fingerprint density at radius 3 is 2.91 bits per heavy atom. The molecule has 2 heterocycles. The molecule has 0 aliphatic heterocycles. The highest BCUT2D eigenvalue weighted by molar-refractivity contribution is 14.1.